The van der Waals surface area contributed by atoms with E-state index in [4.69, 9.17) is 0 Å². The molecule has 0 aromatic carbocycles. The van der Waals surface area contributed by atoms with Crippen molar-refractivity contribution in [2.45, 2.75) is 38.5 Å². The third-order valence-corrected chi connectivity index (χ3v) is 3.64. The molecule has 0 fully saturated rings. The molecule has 15 heavy (non-hydrogen) atoms. The lowest BCUT2D eigenvalue weighted by molar-refractivity contribution is -0.121. The molecule has 1 N–H and O–H groups in total. The number of amides is 1. The van der Waals surface area contributed by atoms with Crippen molar-refractivity contribution in [3.63, 3.8) is 0 Å². The van der Waals surface area contributed by atoms with E-state index in [-0.39, 0.29) is 22.6 Å². The maximum Gasteiger partial charge on any atom is 0.233 e. The molecular weight excluding hydrogens is 208 g/mol. The average molecular weight is 232 g/mol. The fourth-order valence-electron chi connectivity index (χ4n) is 0.869. The van der Waals surface area contributed by atoms with Gasteiger partial charge in [-0.25, -0.2) is 0 Å². The van der Waals surface area contributed by atoms with Crippen LogP contribution in [0.2, 0.25) is 0 Å². The number of rotatable bonds is 5. The molecule has 0 saturated heterocycles. The SMILES string of the molecule is CC(C)C(S)C(=O)NCC(C)(C)N(C)C. The summed E-state index contributed by atoms with van der Waals surface area (Å²) in [6.07, 6.45) is 0. The minimum atomic E-state index is -0.219. The van der Waals surface area contributed by atoms with E-state index in [1.165, 1.54) is 0 Å². The van der Waals surface area contributed by atoms with Crippen LogP contribution in [0.4, 0.5) is 0 Å². The Morgan fingerprint density at radius 3 is 2.20 bits per heavy atom. The Morgan fingerprint density at radius 2 is 1.87 bits per heavy atom. The summed E-state index contributed by atoms with van der Waals surface area (Å²) < 4.78 is 0. The molecule has 0 heterocycles. The Morgan fingerprint density at radius 1 is 1.40 bits per heavy atom. The van der Waals surface area contributed by atoms with E-state index in [0.29, 0.717) is 6.54 Å². The van der Waals surface area contributed by atoms with Gasteiger partial charge in [-0.1, -0.05) is 13.8 Å². The molecule has 1 atom stereocenters. The number of carbonyl (C=O) groups excluding carboxylic acids is 1. The number of thiol groups is 1. The van der Waals surface area contributed by atoms with Gasteiger partial charge in [0.25, 0.3) is 0 Å². The zero-order chi connectivity index (χ0) is 12.2. The Labute approximate surface area is 99.0 Å². The van der Waals surface area contributed by atoms with Gasteiger partial charge in [-0.05, 0) is 33.9 Å². The van der Waals surface area contributed by atoms with Gasteiger partial charge in [-0.3, -0.25) is 4.79 Å². The Kier molecular flexibility index (Phi) is 5.67. The van der Waals surface area contributed by atoms with Crippen molar-refractivity contribution in [2.75, 3.05) is 20.6 Å². The monoisotopic (exact) mass is 232 g/mol. The van der Waals surface area contributed by atoms with Crippen LogP contribution >= 0.6 is 12.6 Å². The third kappa shape index (κ3) is 4.89. The number of carbonyl (C=O) groups is 1. The quantitative estimate of drug-likeness (QED) is 0.702. The first-order chi connectivity index (χ1) is 6.68. The van der Waals surface area contributed by atoms with Gasteiger partial charge in [-0.2, -0.15) is 12.6 Å². The fourth-order valence-corrected chi connectivity index (χ4v) is 0.960. The number of hydrogen-bond acceptors (Lipinski definition) is 3. The Hall–Kier alpha value is -0.220. The number of nitrogens with zero attached hydrogens (tertiary/aromatic N) is 1. The molecule has 90 valence electrons. The van der Waals surface area contributed by atoms with Crippen LogP contribution in [-0.4, -0.2) is 42.2 Å². The predicted octanol–water partition coefficient (Wildman–Crippen LogP) is 1.40. The number of hydrogen-bond donors (Lipinski definition) is 2. The van der Waals surface area contributed by atoms with Crippen LogP contribution in [-0.2, 0) is 4.79 Å². The van der Waals surface area contributed by atoms with E-state index in [1.54, 1.807) is 0 Å². The average Bonchev–Trinajstić information content (AvgIpc) is 2.12. The molecule has 0 aliphatic heterocycles. The summed E-state index contributed by atoms with van der Waals surface area (Å²) in [5.74, 6) is 0.277. The van der Waals surface area contributed by atoms with Gasteiger partial charge in [0, 0.05) is 12.1 Å². The first-order valence-electron chi connectivity index (χ1n) is 5.31. The molecule has 1 unspecified atom stereocenters. The minimum absolute atomic E-state index is 0.0169. The highest BCUT2D eigenvalue weighted by atomic mass is 32.1. The van der Waals surface area contributed by atoms with Gasteiger partial charge in [0.05, 0.1) is 5.25 Å². The second kappa shape index (κ2) is 5.75. The largest absolute Gasteiger partial charge is 0.353 e. The van der Waals surface area contributed by atoms with Gasteiger partial charge in [0.2, 0.25) is 5.91 Å². The van der Waals surface area contributed by atoms with Crippen LogP contribution in [0.15, 0.2) is 0 Å². The Balaban J connectivity index is 4.12. The topological polar surface area (TPSA) is 32.3 Å². The first-order valence-corrected chi connectivity index (χ1v) is 5.83. The van der Waals surface area contributed by atoms with Gasteiger partial charge in [-0.15, -0.1) is 0 Å². The molecule has 0 aliphatic rings. The molecule has 1 amide bonds. The van der Waals surface area contributed by atoms with Crippen LogP contribution in [0.25, 0.3) is 0 Å². The zero-order valence-corrected chi connectivity index (χ0v) is 11.6. The Bertz CT molecular complexity index is 215. The van der Waals surface area contributed by atoms with E-state index < -0.39 is 0 Å². The second-order valence-electron chi connectivity index (χ2n) is 5.11. The van der Waals surface area contributed by atoms with E-state index in [1.807, 2.05) is 27.9 Å². The van der Waals surface area contributed by atoms with Crippen LogP contribution in [0, 0.1) is 5.92 Å². The molecule has 0 aliphatic carbocycles. The van der Waals surface area contributed by atoms with Gasteiger partial charge < -0.3 is 10.2 Å². The fraction of sp³-hybridized carbons (Fsp3) is 0.909. The smallest absolute Gasteiger partial charge is 0.233 e. The summed E-state index contributed by atoms with van der Waals surface area (Å²) in [5.41, 5.74) is -0.0276. The molecule has 0 radical (unpaired) electrons. The maximum atomic E-state index is 11.6. The summed E-state index contributed by atoms with van der Waals surface area (Å²) in [6.45, 7) is 8.82. The van der Waals surface area contributed by atoms with Gasteiger partial charge in [0.15, 0.2) is 0 Å². The lowest BCUT2D eigenvalue weighted by atomic mass is 10.0. The molecule has 3 nitrogen and oxygen atoms in total. The highest BCUT2D eigenvalue weighted by Crippen LogP contribution is 2.11. The summed E-state index contributed by atoms with van der Waals surface area (Å²) in [4.78, 5) is 13.7. The first kappa shape index (κ1) is 14.8. The van der Waals surface area contributed by atoms with Crippen molar-refractivity contribution in [3.05, 3.63) is 0 Å². The molecule has 0 aromatic heterocycles. The number of nitrogens with one attached hydrogen (secondary N) is 1. The lowest BCUT2D eigenvalue weighted by Gasteiger charge is -2.33. The molecule has 0 spiro atoms. The molecule has 0 aromatic rings. The van der Waals surface area contributed by atoms with E-state index in [9.17, 15) is 4.79 Å². The van der Waals surface area contributed by atoms with E-state index in [2.05, 4.69) is 36.7 Å². The van der Waals surface area contributed by atoms with Crippen LogP contribution in [0.5, 0.6) is 0 Å². The van der Waals surface area contributed by atoms with E-state index in [0.717, 1.165) is 0 Å². The highest BCUT2D eigenvalue weighted by molar-refractivity contribution is 7.81. The minimum Gasteiger partial charge on any atom is -0.353 e. The number of likely N-dealkylation sites (N-methyl/N-ethyl adjacent to an activating group) is 1. The van der Waals surface area contributed by atoms with Crippen molar-refractivity contribution < 1.29 is 4.79 Å². The van der Waals surface area contributed by atoms with Gasteiger partial charge >= 0.3 is 0 Å². The van der Waals surface area contributed by atoms with Crippen LogP contribution in [0.3, 0.4) is 0 Å². The van der Waals surface area contributed by atoms with Crippen molar-refractivity contribution in [1.29, 1.82) is 0 Å². The summed E-state index contributed by atoms with van der Waals surface area (Å²) in [7, 11) is 4.01. The van der Waals surface area contributed by atoms with Crippen molar-refractivity contribution in [1.82, 2.24) is 10.2 Å². The standard InChI is InChI=1S/C11H24N2OS/c1-8(2)9(15)10(14)12-7-11(3,4)13(5)6/h8-9,15H,7H2,1-6H3,(H,12,14). The van der Waals surface area contributed by atoms with Gasteiger partial charge in [0.1, 0.15) is 0 Å². The summed E-state index contributed by atoms with van der Waals surface area (Å²) in [6, 6.07) is 0. The molecule has 0 rings (SSSR count). The lowest BCUT2D eigenvalue weighted by Crippen LogP contribution is -2.49. The molecule has 0 bridgehead atoms. The van der Waals surface area contributed by atoms with Crippen LogP contribution in [0.1, 0.15) is 27.7 Å². The van der Waals surface area contributed by atoms with Crippen molar-refractivity contribution >= 4 is 18.5 Å². The zero-order valence-electron chi connectivity index (χ0n) is 10.7. The molecule has 0 saturated carbocycles. The summed E-state index contributed by atoms with van der Waals surface area (Å²) in [5, 5.41) is 2.71. The van der Waals surface area contributed by atoms with Crippen LogP contribution < -0.4 is 5.32 Å². The third-order valence-electron chi connectivity index (χ3n) is 2.81. The highest BCUT2D eigenvalue weighted by Gasteiger charge is 2.23. The summed E-state index contributed by atoms with van der Waals surface area (Å²) >= 11 is 4.28. The molecule has 4 heteroatoms. The van der Waals surface area contributed by atoms with Crippen molar-refractivity contribution in [3.8, 4) is 0 Å². The van der Waals surface area contributed by atoms with Crippen molar-refractivity contribution in [2.24, 2.45) is 5.92 Å². The van der Waals surface area contributed by atoms with E-state index >= 15 is 0 Å². The maximum absolute atomic E-state index is 11.6. The normalized spacial score (nSPS) is 14.5. The molecular formula is C11H24N2OS. The second-order valence-corrected chi connectivity index (χ2v) is 5.67. The predicted molar refractivity (Wildman–Crippen MR) is 68.4 cm³/mol.